The molecule has 1 aromatic rings. The topological polar surface area (TPSA) is 97.4 Å². The van der Waals surface area contributed by atoms with Crippen molar-refractivity contribution < 1.29 is 0 Å². The molecule has 0 fully saturated rings. The number of allylic oxidation sites excluding steroid dienone is 4. The molecule has 0 aromatic heterocycles. The van der Waals surface area contributed by atoms with E-state index in [-0.39, 0.29) is 22.9 Å². The highest BCUT2D eigenvalue weighted by molar-refractivity contribution is 5.59. The van der Waals surface area contributed by atoms with Gasteiger partial charge >= 0.3 is 0 Å². The van der Waals surface area contributed by atoms with E-state index in [0.29, 0.717) is 11.5 Å². The van der Waals surface area contributed by atoms with E-state index in [0.717, 1.165) is 24.0 Å². The van der Waals surface area contributed by atoms with Crippen molar-refractivity contribution in [1.82, 2.24) is 0 Å². The Kier molecular flexibility index (Phi) is 4.59. The Morgan fingerprint density at radius 1 is 1.07 bits per heavy atom. The van der Waals surface area contributed by atoms with Crippen LogP contribution >= 0.6 is 0 Å². The first-order valence-electron chi connectivity index (χ1n) is 9.28. The molecule has 1 aromatic carbocycles. The number of nitriles is 3. The largest absolute Gasteiger partial charge is 0.399 e. The average molecular weight is 356 g/mol. The number of nitrogens with two attached hydrogens (primary N) is 1. The Morgan fingerprint density at radius 3 is 2.22 bits per heavy atom. The molecular weight excluding hydrogens is 332 g/mol. The molecule has 0 saturated heterocycles. The lowest BCUT2D eigenvalue weighted by Gasteiger charge is -2.47. The molecule has 3 atom stereocenters. The number of fused-ring (bicyclic) bond motifs is 1. The molecule has 2 N–H and O–H groups in total. The van der Waals surface area contributed by atoms with Gasteiger partial charge in [-0.15, -0.1) is 0 Å². The van der Waals surface area contributed by atoms with E-state index in [2.05, 4.69) is 45.1 Å². The van der Waals surface area contributed by atoms with Gasteiger partial charge in [-0.2, -0.15) is 15.8 Å². The maximum Gasteiger partial charge on any atom is 0.191 e. The summed E-state index contributed by atoms with van der Waals surface area (Å²) in [5.41, 5.74) is 7.13. The Morgan fingerprint density at radius 2 is 1.70 bits per heavy atom. The minimum absolute atomic E-state index is 0.0772. The highest BCUT2D eigenvalue weighted by Gasteiger charge is 2.54. The lowest BCUT2D eigenvalue weighted by molar-refractivity contribution is 0.170. The predicted octanol–water partition coefficient (Wildman–Crippen LogP) is 4.55. The standard InChI is InChI=1S/C23H24N4/c1-22(2,3)16-9-10-17-18(11-16)20(15-7-5-4-6-8-15)23(13-25,14-26)21(27)19(17)12-24/h4-8,10,16,18,20H,9,11,27H2,1-3H3/t16?,18-,20+/m0/s1. The normalized spacial score (nSPS) is 26.8. The Bertz CT molecular complexity index is 912. The molecule has 2 aliphatic rings. The van der Waals surface area contributed by atoms with E-state index < -0.39 is 5.41 Å². The van der Waals surface area contributed by atoms with Crippen molar-refractivity contribution in [3.05, 3.63) is 58.8 Å². The highest BCUT2D eigenvalue weighted by atomic mass is 14.7. The van der Waals surface area contributed by atoms with Crippen LogP contribution < -0.4 is 5.73 Å². The Balaban J connectivity index is 2.29. The molecule has 0 bridgehead atoms. The van der Waals surface area contributed by atoms with Crippen LogP contribution in [0.1, 0.15) is 45.1 Å². The van der Waals surface area contributed by atoms with Gasteiger partial charge in [0.05, 0.1) is 23.4 Å². The van der Waals surface area contributed by atoms with Crippen LogP contribution in [0.4, 0.5) is 0 Å². The summed E-state index contributed by atoms with van der Waals surface area (Å²) in [5.74, 6) is -0.0550. The van der Waals surface area contributed by atoms with Gasteiger partial charge in [-0.3, -0.25) is 0 Å². The zero-order valence-electron chi connectivity index (χ0n) is 16.0. The van der Waals surface area contributed by atoms with Crippen molar-refractivity contribution >= 4 is 0 Å². The van der Waals surface area contributed by atoms with E-state index in [1.54, 1.807) is 0 Å². The summed E-state index contributed by atoms with van der Waals surface area (Å²) in [5, 5.41) is 29.9. The first-order chi connectivity index (χ1) is 12.8. The van der Waals surface area contributed by atoms with Crippen molar-refractivity contribution in [2.24, 2.45) is 28.4 Å². The molecular formula is C23H24N4. The van der Waals surface area contributed by atoms with Crippen LogP contribution in [0.5, 0.6) is 0 Å². The number of rotatable bonds is 1. The molecule has 27 heavy (non-hydrogen) atoms. The predicted molar refractivity (Wildman–Crippen MR) is 103 cm³/mol. The van der Waals surface area contributed by atoms with Crippen LogP contribution in [0.2, 0.25) is 0 Å². The molecule has 3 rings (SSSR count). The lowest BCUT2D eigenvalue weighted by Crippen LogP contribution is -2.44. The summed E-state index contributed by atoms with van der Waals surface area (Å²) in [4.78, 5) is 0. The van der Waals surface area contributed by atoms with Crippen LogP contribution in [-0.2, 0) is 0 Å². The lowest BCUT2D eigenvalue weighted by atomic mass is 9.54. The molecule has 136 valence electrons. The number of hydrogen-bond donors (Lipinski definition) is 1. The molecule has 0 heterocycles. The maximum atomic E-state index is 10.1. The fourth-order valence-corrected chi connectivity index (χ4v) is 4.63. The Labute approximate surface area is 161 Å². The van der Waals surface area contributed by atoms with Crippen LogP contribution in [0.25, 0.3) is 0 Å². The number of nitrogens with zero attached hydrogens (tertiary/aromatic N) is 3. The number of hydrogen-bond acceptors (Lipinski definition) is 4. The van der Waals surface area contributed by atoms with Gasteiger partial charge in [-0.1, -0.05) is 57.2 Å². The zero-order chi connectivity index (χ0) is 19.8. The molecule has 1 unspecified atom stereocenters. The van der Waals surface area contributed by atoms with Gasteiger partial charge in [0.25, 0.3) is 0 Å². The molecule has 4 heteroatoms. The van der Waals surface area contributed by atoms with Gasteiger partial charge in [0.1, 0.15) is 6.07 Å². The Hall–Kier alpha value is -3.03. The fraction of sp³-hybridized carbons (Fsp3) is 0.435. The van der Waals surface area contributed by atoms with E-state index >= 15 is 0 Å². The van der Waals surface area contributed by atoms with E-state index in [1.165, 1.54) is 0 Å². The van der Waals surface area contributed by atoms with E-state index in [4.69, 9.17) is 5.73 Å². The molecule has 0 aliphatic heterocycles. The molecule has 0 spiro atoms. The molecule has 0 saturated carbocycles. The van der Waals surface area contributed by atoms with E-state index in [9.17, 15) is 15.8 Å². The number of benzene rings is 1. The fourth-order valence-electron chi connectivity index (χ4n) is 4.63. The second-order valence-corrected chi connectivity index (χ2v) is 8.62. The zero-order valence-corrected chi connectivity index (χ0v) is 16.0. The van der Waals surface area contributed by atoms with Crippen LogP contribution in [0.3, 0.4) is 0 Å². The average Bonchev–Trinajstić information content (AvgIpc) is 2.67. The summed E-state index contributed by atoms with van der Waals surface area (Å²) in [6.45, 7) is 6.65. The summed E-state index contributed by atoms with van der Waals surface area (Å²) in [7, 11) is 0. The summed E-state index contributed by atoms with van der Waals surface area (Å²) in [6.07, 6.45) is 3.82. The summed E-state index contributed by atoms with van der Waals surface area (Å²) >= 11 is 0. The van der Waals surface area contributed by atoms with Gasteiger partial charge in [0.2, 0.25) is 0 Å². The first-order valence-corrected chi connectivity index (χ1v) is 9.28. The third-order valence-corrected chi connectivity index (χ3v) is 6.26. The molecule has 2 aliphatic carbocycles. The van der Waals surface area contributed by atoms with Crippen molar-refractivity contribution in [1.29, 1.82) is 15.8 Å². The van der Waals surface area contributed by atoms with Gasteiger partial charge in [0.15, 0.2) is 5.41 Å². The summed E-state index contributed by atoms with van der Waals surface area (Å²) < 4.78 is 0. The van der Waals surface area contributed by atoms with Crippen LogP contribution in [-0.4, -0.2) is 0 Å². The van der Waals surface area contributed by atoms with Gasteiger partial charge in [-0.05, 0) is 41.2 Å². The quantitative estimate of drug-likeness (QED) is 0.798. The smallest absolute Gasteiger partial charge is 0.191 e. The third-order valence-electron chi connectivity index (χ3n) is 6.26. The third kappa shape index (κ3) is 2.81. The summed E-state index contributed by atoms with van der Waals surface area (Å²) in [6, 6.07) is 16.2. The van der Waals surface area contributed by atoms with Crippen LogP contribution in [0, 0.1) is 56.7 Å². The van der Waals surface area contributed by atoms with Crippen molar-refractivity contribution in [3.63, 3.8) is 0 Å². The van der Waals surface area contributed by atoms with Crippen molar-refractivity contribution in [2.45, 2.75) is 39.5 Å². The highest BCUT2D eigenvalue weighted by Crippen LogP contribution is 2.57. The molecule has 0 radical (unpaired) electrons. The molecule has 0 amide bonds. The van der Waals surface area contributed by atoms with Gasteiger partial charge in [-0.25, -0.2) is 0 Å². The molecule has 4 nitrogen and oxygen atoms in total. The maximum absolute atomic E-state index is 10.1. The first kappa shape index (κ1) is 18.8. The second kappa shape index (κ2) is 6.61. The monoisotopic (exact) mass is 356 g/mol. The van der Waals surface area contributed by atoms with Crippen molar-refractivity contribution in [2.75, 3.05) is 0 Å². The minimum atomic E-state index is -1.53. The second-order valence-electron chi connectivity index (χ2n) is 8.62. The van der Waals surface area contributed by atoms with Gasteiger partial charge < -0.3 is 5.73 Å². The van der Waals surface area contributed by atoms with E-state index in [1.807, 2.05) is 30.3 Å². The SMILES string of the molecule is CC(C)(C)C1CC=C2C(C#N)=C(N)C(C#N)(C#N)[C@H](c3ccccc3)[C@H]2C1. The van der Waals surface area contributed by atoms with Gasteiger partial charge in [0, 0.05) is 5.92 Å². The minimum Gasteiger partial charge on any atom is -0.399 e. The van der Waals surface area contributed by atoms with Crippen LogP contribution in [0.15, 0.2) is 53.3 Å². The van der Waals surface area contributed by atoms with Crippen molar-refractivity contribution in [3.8, 4) is 18.2 Å².